The number of non-ortho nitro benzene ring substituents is 2. The smallest absolute Gasteiger partial charge is 0.297 e. The van der Waals surface area contributed by atoms with Crippen molar-refractivity contribution in [3.63, 3.8) is 0 Å². The van der Waals surface area contributed by atoms with Crippen LogP contribution < -0.4 is 11.5 Å². The lowest BCUT2D eigenvalue weighted by atomic mass is 8.56. The quantitative estimate of drug-likeness (QED) is 0.0257. The lowest BCUT2D eigenvalue weighted by Gasteiger charge is -2.25. The predicted molar refractivity (Wildman–Crippen MR) is 440 cm³/mol. The zero-order valence-corrected chi connectivity index (χ0v) is 52.7. The van der Waals surface area contributed by atoms with E-state index in [0.29, 0.717) is 40.0 Å². The van der Waals surface area contributed by atoms with Gasteiger partial charge in [-0.15, -0.1) is 0 Å². The molecule has 16 nitrogen and oxygen atoms in total. The largest absolute Gasteiger partial charge is 0.397 e. The minimum Gasteiger partial charge on any atom is -0.397 e. The molecule has 5 N–H and O–H groups in total. The maximum absolute atomic E-state index is 12.4. The second-order valence-electron chi connectivity index (χ2n) is 20.8. The number of H-pyrrole nitrogens is 1. The number of aromatic amines is 1. The van der Waals surface area contributed by atoms with Crippen molar-refractivity contribution in [2.24, 2.45) is 5.73 Å². The maximum atomic E-state index is 12.4. The van der Waals surface area contributed by atoms with Crippen molar-refractivity contribution in [2.75, 3.05) is 5.73 Å². The summed E-state index contributed by atoms with van der Waals surface area (Å²) in [6.45, 7) is 7.64. The van der Waals surface area contributed by atoms with Gasteiger partial charge in [-0.25, -0.2) is 18.6 Å². The van der Waals surface area contributed by atoms with Crippen LogP contribution in [0.2, 0.25) is 0 Å². The van der Waals surface area contributed by atoms with E-state index in [2.05, 4.69) is 25.2 Å². The van der Waals surface area contributed by atoms with Crippen LogP contribution >= 0.6 is 0 Å². The zero-order chi connectivity index (χ0) is 73.4. The number of para-hydroxylation sites is 4. The fraction of sp³-hybridized carbons (Fsp3) is 0.0238. The molecule has 3 heterocycles. The van der Waals surface area contributed by atoms with Gasteiger partial charge in [-0.05, 0) is 35.9 Å². The number of halogens is 1. The third-order valence-corrected chi connectivity index (χ3v) is 13.5. The Morgan fingerprint density at radius 2 is 1.02 bits per heavy atom. The van der Waals surface area contributed by atoms with E-state index < -0.39 is 92.3 Å². The fourth-order valence-corrected chi connectivity index (χ4v) is 8.25. The van der Waals surface area contributed by atoms with E-state index in [9.17, 15) is 24.6 Å². The molecule has 3 aromatic heterocycles. The van der Waals surface area contributed by atoms with Crippen molar-refractivity contribution in [1.82, 2.24) is 29.8 Å². The van der Waals surface area contributed by atoms with Crippen LogP contribution in [0.1, 0.15) is 11.1 Å². The maximum Gasteiger partial charge on any atom is 0.297 e. The van der Waals surface area contributed by atoms with Gasteiger partial charge in [0.15, 0.2) is 5.52 Å². The molecule has 0 saturated heterocycles. The summed E-state index contributed by atoms with van der Waals surface area (Å²) in [4.78, 5) is 24.0. The highest BCUT2D eigenvalue weighted by Gasteiger charge is 2.27. The first-order valence-electron chi connectivity index (χ1n) is 28.8. The van der Waals surface area contributed by atoms with Crippen LogP contribution in [0.5, 0.6) is 0 Å². The third-order valence-electron chi connectivity index (χ3n) is 13.5. The highest BCUT2D eigenvalue weighted by atomic mass is 19.1. The van der Waals surface area contributed by atoms with Crippen LogP contribution in [0.4, 0.5) is 27.1 Å². The van der Waals surface area contributed by atoms with Crippen LogP contribution in [-0.2, 0) is 6.54 Å². The van der Waals surface area contributed by atoms with Gasteiger partial charge in [-0.3, -0.25) is 25.3 Å². The minimum absolute atomic E-state index is 0.0402. The summed E-state index contributed by atoms with van der Waals surface area (Å²) in [5.74, 6) is -0.458. The molecule has 0 unspecified atom stereocenters. The first-order valence-corrected chi connectivity index (χ1v) is 28.8. The molecule has 9 aromatic rings. The number of hydrogen-bond acceptors (Lipinski definition) is 10. The number of nitrogens with zero attached hydrogens (tertiary/aromatic N) is 9. The van der Waals surface area contributed by atoms with Crippen LogP contribution in [0.25, 0.3) is 48.9 Å². The van der Waals surface area contributed by atoms with Gasteiger partial charge in [0.25, 0.3) is 11.4 Å². The van der Waals surface area contributed by atoms with Gasteiger partial charge in [0.1, 0.15) is 22.9 Å². The van der Waals surface area contributed by atoms with Gasteiger partial charge in [-0.1, -0.05) is 84.9 Å². The van der Waals surface area contributed by atoms with E-state index in [0.717, 1.165) is 27.5 Å². The van der Waals surface area contributed by atoms with Crippen molar-refractivity contribution in [3.05, 3.63) is 195 Å². The summed E-state index contributed by atoms with van der Waals surface area (Å²) >= 11 is 0. The van der Waals surface area contributed by atoms with Crippen molar-refractivity contribution in [3.8, 4) is 17.4 Å². The van der Waals surface area contributed by atoms with Crippen LogP contribution in [0.15, 0.2) is 146 Å². The molecule has 0 aliphatic rings. The number of benzene rings is 6. The topological polar surface area (TPSA) is 231 Å². The molecule has 0 bridgehead atoms. The number of nitro groups is 2. The Hall–Kier alpha value is -6.33. The normalized spacial score (nSPS) is 9.44. The molecule has 0 atom stereocenters. The Kier molecular flexibility index (Phi) is 39.9. The number of nitro benzene ring substituents is 2. The number of aromatic nitrogens is 6. The molecule has 0 spiro atoms. The Labute approximate surface area is 604 Å². The molecule has 9 rings (SSSR count). The predicted octanol–water partition coefficient (Wildman–Crippen LogP) is -5.75. The monoisotopic (exact) mass is 1200 g/mol. The van der Waals surface area contributed by atoms with E-state index in [-0.39, 0.29) is 29.7 Å². The van der Waals surface area contributed by atoms with E-state index in [4.69, 9.17) is 194 Å². The molecule has 0 amide bonds. The number of hydrogen-bond donors (Lipinski definition) is 3. The highest BCUT2D eigenvalue weighted by molar-refractivity contribution is 8.02. The van der Waals surface area contributed by atoms with Crippen molar-refractivity contribution in [2.45, 2.75) is 6.54 Å². The molecule has 404 valence electrons. The summed E-state index contributed by atoms with van der Waals surface area (Å²) in [7, 11) is 119. The van der Waals surface area contributed by atoms with Crippen LogP contribution in [-0.4, -0.2) is 313 Å². The van der Waals surface area contributed by atoms with Gasteiger partial charge in [0.05, 0.1) is 45.2 Å². The molecule has 6 aromatic carbocycles. The number of nitrogens with two attached hydrogens (primary N) is 2. The summed E-state index contributed by atoms with van der Waals surface area (Å²) in [6.07, 6.45) is -2.62. The van der Waals surface area contributed by atoms with Gasteiger partial charge in [-0.2, -0.15) is 20.6 Å². The molecular formula is C42H31B38FN12O4. The molecule has 46 radical (unpaired) electrons. The molecule has 0 fully saturated rings. The average Bonchev–Trinajstić information content (AvgIpc) is 1.67. The number of nitrogens with one attached hydrogen (secondary N) is 1. The summed E-state index contributed by atoms with van der Waals surface area (Å²) in [5.41, 5.74) is 17.2. The first-order chi connectivity index (χ1) is 45.7. The summed E-state index contributed by atoms with van der Waals surface area (Å²) in [5, 5.41) is 47.2. The number of rotatable bonds is 17. The lowest BCUT2D eigenvalue weighted by molar-refractivity contribution is -0.383. The molecular weight excluding hydrogens is 1170 g/mol. The molecule has 0 saturated carbocycles. The zero-order valence-electron chi connectivity index (χ0n) is 52.7. The van der Waals surface area contributed by atoms with Crippen LogP contribution in [0.3, 0.4) is 0 Å². The average molecular weight is 1200 g/mol. The standard InChI is InChI=1S/C14H8N4O2.C14H14N4.C7H4FN.C7H5N3O2.B11.B10.B9.B8/c1-15-11-6-2-3-7-12(11)17-9-10-5-4-8-13(18(19)20)14(10)16-17;15-8-10-4-1-2-7-13(10)18-9-11-5-3-6-12(16)14(11)17-18;8-7-4-2-1-3-6(7)5-9;11-10(12)6-3-1-2-5-4-8-9-7(5)6;1-7-10(6)11(8(2)3)9(4)5;1-7(2)10(8(3)4)9(5)6;1-6-9(7(2)3)8(4)5;1-6(2)8(5)7(3)4/h2-9H;1-7,9H,8,15-16H2;1-4H;1-4H,(H,8,9);;;;. The van der Waals surface area contributed by atoms with Gasteiger partial charge in [0, 0.05) is 321 Å². The van der Waals surface area contributed by atoms with E-state index >= 15 is 0 Å². The summed E-state index contributed by atoms with van der Waals surface area (Å²) in [6, 6.07) is 38.0. The first kappa shape index (κ1) is 86.8. The third kappa shape index (κ3) is 28.1. The van der Waals surface area contributed by atoms with Crippen molar-refractivity contribution >= 4 is 329 Å². The minimum atomic E-state index is -0.667. The molecule has 0 aliphatic carbocycles. The van der Waals surface area contributed by atoms with Gasteiger partial charge >= 0.3 is 0 Å². The fourth-order valence-electron chi connectivity index (χ4n) is 8.25. The Balaban J connectivity index is 0.000000387. The molecule has 97 heavy (non-hydrogen) atoms. The SMILES string of the molecule is N#Cc1ccccc1F.NCc1ccccc1-n1cc2cccc(N)c2n1.O=[N+]([O-])c1cccc2cn[nH]c12.[B]B([B])B(B([B])[B])B([B])[B].[B]B([B])B([B])B([B])[B].[B][B]B(B([B])[B])B([B])[B].[B][B]B([B])B(B([B])[B])B([B])[B].[C-]#[N+]c1ccccc1-n1cc2cccc([N+](=O)[O-])c2n1. The Morgan fingerprint density at radius 3 is 1.42 bits per heavy atom. The summed E-state index contributed by atoms with van der Waals surface area (Å²) < 4.78 is 15.7. The van der Waals surface area contributed by atoms with E-state index in [1.54, 1.807) is 79.1 Å². The van der Waals surface area contributed by atoms with E-state index in [1.165, 1.54) is 43.1 Å². The molecule has 0 aliphatic heterocycles. The van der Waals surface area contributed by atoms with Gasteiger partial charge in [0.2, 0.25) is 5.69 Å². The van der Waals surface area contributed by atoms with E-state index in [1.807, 2.05) is 53.3 Å². The Bertz CT molecular complexity index is 3880. The number of anilines is 1. The number of nitriles is 1. The second-order valence-corrected chi connectivity index (χ2v) is 20.8. The number of fused-ring (bicyclic) bond motifs is 3. The van der Waals surface area contributed by atoms with Crippen LogP contribution in [0, 0.1) is 43.9 Å². The van der Waals surface area contributed by atoms with Gasteiger partial charge < -0.3 is 11.5 Å². The van der Waals surface area contributed by atoms with Crippen molar-refractivity contribution < 1.29 is 14.2 Å². The Morgan fingerprint density at radius 1 is 0.567 bits per heavy atom. The lowest BCUT2D eigenvalue weighted by Crippen LogP contribution is -2.63. The number of nitrogen functional groups attached to an aromatic ring is 1. The molecule has 55 heteroatoms. The second kappa shape index (κ2) is 44.6. The van der Waals surface area contributed by atoms with Crippen molar-refractivity contribution in [1.29, 1.82) is 5.26 Å². The highest BCUT2D eigenvalue weighted by Crippen LogP contribution is 2.29.